The van der Waals surface area contributed by atoms with Crippen molar-refractivity contribution in [2.45, 2.75) is 32.5 Å². The average molecular weight is 238 g/mol. The molecule has 0 N–H and O–H groups in total. The topological polar surface area (TPSA) is 73.8 Å². The van der Waals surface area contributed by atoms with Gasteiger partial charge in [0.05, 0.1) is 0 Å². The molecule has 0 amide bonds. The summed E-state index contributed by atoms with van der Waals surface area (Å²) in [4.78, 5) is 9.41. The van der Waals surface area contributed by atoms with Crippen LogP contribution in [-0.4, -0.2) is 19.9 Å². The number of hydrogen-bond acceptors (Lipinski definition) is 4. The fraction of sp³-hybridized carbons (Fsp3) is 0.714. The number of nitrogens with zero attached hydrogens (tertiary/aromatic N) is 4. The first kappa shape index (κ1) is 12.4. The van der Waals surface area contributed by atoms with Crippen molar-refractivity contribution in [1.29, 1.82) is 0 Å². The summed E-state index contributed by atoms with van der Waals surface area (Å²) in [5.74, 6) is -1.10. The van der Waals surface area contributed by atoms with Gasteiger partial charge >= 0.3 is 12.0 Å². The standard InChI is InChI=1S/C7H9F3N4O2/c1-2-3-4-13-6(14(15)16)5(11-12-13)7(8,9)10/h2-4H2,1H3. The van der Waals surface area contributed by atoms with Crippen molar-refractivity contribution in [3.63, 3.8) is 0 Å². The van der Waals surface area contributed by atoms with Gasteiger partial charge in [0.1, 0.15) is 6.54 Å². The van der Waals surface area contributed by atoms with E-state index in [1.54, 1.807) is 0 Å². The molecule has 6 nitrogen and oxygen atoms in total. The van der Waals surface area contributed by atoms with E-state index in [9.17, 15) is 23.3 Å². The zero-order chi connectivity index (χ0) is 12.3. The minimum absolute atomic E-state index is 0.0515. The molecule has 16 heavy (non-hydrogen) atoms. The molecule has 90 valence electrons. The smallest absolute Gasteiger partial charge is 0.358 e. The Morgan fingerprint density at radius 2 is 2.12 bits per heavy atom. The first-order valence-electron chi connectivity index (χ1n) is 4.53. The second kappa shape index (κ2) is 4.45. The largest absolute Gasteiger partial charge is 0.443 e. The van der Waals surface area contributed by atoms with Gasteiger partial charge in [-0.15, -0.1) is 4.68 Å². The van der Waals surface area contributed by atoms with Gasteiger partial charge in [-0.05, 0) is 11.3 Å². The molecule has 0 radical (unpaired) electrons. The van der Waals surface area contributed by atoms with E-state index in [0.717, 1.165) is 0 Å². The molecule has 1 heterocycles. The number of aromatic nitrogens is 3. The highest BCUT2D eigenvalue weighted by Gasteiger charge is 2.44. The van der Waals surface area contributed by atoms with Crippen molar-refractivity contribution in [2.75, 3.05) is 0 Å². The number of alkyl halides is 3. The molecular formula is C7H9F3N4O2. The monoisotopic (exact) mass is 238 g/mol. The van der Waals surface area contributed by atoms with Crippen LogP contribution in [0.1, 0.15) is 25.5 Å². The molecule has 0 saturated heterocycles. The quantitative estimate of drug-likeness (QED) is 0.594. The lowest BCUT2D eigenvalue weighted by molar-refractivity contribution is -0.395. The van der Waals surface area contributed by atoms with Gasteiger partial charge in [0.25, 0.3) is 5.69 Å². The van der Waals surface area contributed by atoms with E-state index in [1.165, 1.54) is 0 Å². The summed E-state index contributed by atoms with van der Waals surface area (Å²) in [7, 11) is 0. The molecule has 0 fully saturated rings. The predicted octanol–water partition coefficient (Wildman–Crippen LogP) is 2.01. The molecule has 1 aromatic heterocycles. The summed E-state index contributed by atoms with van der Waals surface area (Å²) < 4.78 is 37.6. The maximum atomic E-state index is 12.3. The minimum Gasteiger partial charge on any atom is -0.358 e. The van der Waals surface area contributed by atoms with Gasteiger partial charge in [-0.1, -0.05) is 18.4 Å². The lowest BCUT2D eigenvalue weighted by Crippen LogP contribution is -2.11. The third-order valence-electron chi connectivity index (χ3n) is 1.87. The molecule has 1 aromatic rings. The van der Waals surface area contributed by atoms with Crippen LogP contribution in [-0.2, 0) is 12.7 Å². The third-order valence-corrected chi connectivity index (χ3v) is 1.87. The number of unbranched alkanes of at least 4 members (excludes halogenated alkanes) is 1. The Kier molecular flexibility index (Phi) is 3.45. The second-order valence-corrected chi connectivity index (χ2v) is 3.09. The highest BCUT2D eigenvalue weighted by molar-refractivity contribution is 5.27. The Morgan fingerprint density at radius 1 is 1.50 bits per heavy atom. The van der Waals surface area contributed by atoms with Crippen molar-refractivity contribution in [1.82, 2.24) is 15.0 Å². The van der Waals surface area contributed by atoms with Crippen LogP contribution in [0, 0.1) is 10.1 Å². The Hall–Kier alpha value is -1.67. The Bertz CT molecular complexity index is 387. The Balaban J connectivity index is 3.12. The number of aryl methyl sites for hydroxylation is 1. The summed E-state index contributed by atoms with van der Waals surface area (Å²) in [6.45, 7) is 1.86. The van der Waals surface area contributed by atoms with Gasteiger partial charge in [0.2, 0.25) is 0 Å². The van der Waals surface area contributed by atoms with Gasteiger partial charge in [-0.25, -0.2) is 0 Å². The molecule has 0 bridgehead atoms. The first-order chi connectivity index (χ1) is 7.38. The molecule has 0 unspecified atom stereocenters. The fourth-order valence-electron chi connectivity index (χ4n) is 1.13. The fourth-order valence-corrected chi connectivity index (χ4v) is 1.13. The summed E-state index contributed by atoms with van der Waals surface area (Å²) in [5, 5.41) is 16.5. The summed E-state index contributed by atoms with van der Waals surface area (Å²) in [6, 6.07) is 0. The lowest BCUT2D eigenvalue weighted by atomic mass is 10.3. The third kappa shape index (κ3) is 2.47. The molecule has 0 spiro atoms. The maximum absolute atomic E-state index is 12.3. The van der Waals surface area contributed by atoms with Gasteiger partial charge in [-0.3, -0.25) is 0 Å². The number of nitro groups is 1. The van der Waals surface area contributed by atoms with Crippen LogP contribution in [0.4, 0.5) is 19.0 Å². The highest BCUT2D eigenvalue weighted by Crippen LogP contribution is 2.33. The Labute approximate surface area is 88.2 Å². The number of rotatable bonds is 4. The van der Waals surface area contributed by atoms with Crippen molar-refractivity contribution >= 4 is 5.82 Å². The maximum Gasteiger partial charge on any atom is 0.443 e. The zero-order valence-electron chi connectivity index (χ0n) is 8.36. The van der Waals surface area contributed by atoms with Crippen molar-refractivity contribution < 1.29 is 18.1 Å². The molecule has 0 aromatic carbocycles. The van der Waals surface area contributed by atoms with Gasteiger partial charge in [-0.2, -0.15) is 13.2 Å². The van der Waals surface area contributed by atoms with E-state index in [2.05, 4.69) is 10.3 Å². The van der Waals surface area contributed by atoms with E-state index in [1.807, 2.05) is 6.92 Å². The summed E-state index contributed by atoms with van der Waals surface area (Å²) >= 11 is 0. The second-order valence-electron chi connectivity index (χ2n) is 3.09. The van der Waals surface area contributed by atoms with Crippen LogP contribution in [0.3, 0.4) is 0 Å². The lowest BCUT2D eigenvalue weighted by Gasteiger charge is -2.02. The van der Waals surface area contributed by atoms with Crippen molar-refractivity contribution in [3.05, 3.63) is 15.8 Å². The Morgan fingerprint density at radius 3 is 2.56 bits per heavy atom. The van der Waals surface area contributed by atoms with Crippen LogP contribution in [0.15, 0.2) is 0 Å². The van der Waals surface area contributed by atoms with Gasteiger partial charge in [0.15, 0.2) is 0 Å². The van der Waals surface area contributed by atoms with Gasteiger partial charge < -0.3 is 10.1 Å². The van der Waals surface area contributed by atoms with Gasteiger partial charge in [0, 0.05) is 5.21 Å². The van der Waals surface area contributed by atoms with Crippen molar-refractivity contribution in [2.24, 2.45) is 0 Å². The predicted molar refractivity (Wildman–Crippen MR) is 46.6 cm³/mol. The van der Waals surface area contributed by atoms with Crippen LogP contribution in [0.25, 0.3) is 0 Å². The van der Waals surface area contributed by atoms with E-state index in [0.29, 0.717) is 17.5 Å². The molecule has 0 aliphatic carbocycles. The first-order valence-corrected chi connectivity index (χ1v) is 4.53. The van der Waals surface area contributed by atoms with Crippen LogP contribution < -0.4 is 0 Å². The SMILES string of the molecule is CCCCn1nnc(C(F)(F)F)c1[N+](=O)[O-]. The number of halogens is 3. The van der Waals surface area contributed by atoms with E-state index in [-0.39, 0.29) is 6.54 Å². The summed E-state index contributed by atoms with van der Waals surface area (Å²) in [6.07, 6.45) is -3.66. The number of hydrogen-bond donors (Lipinski definition) is 0. The zero-order valence-corrected chi connectivity index (χ0v) is 8.36. The molecule has 0 saturated carbocycles. The molecule has 9 heteroatoms. The van der Waals surface area contributed by atoms with Crippen molar-refractivity contribution in [3.8, 4) is 0 Å². The summed E-state index contributed by atoms with van der Waals surface area (Å²) in [5.41, 5.74) is -1.55. The van der Waals surface area contributed by atoms with Crippen LogP contribution in [0.2, 0.25) is 0 Å². The minimum atomic E-state index is -4.85. The molecule has 0 aliphatic heterocycles. The average Bonchev–Trinajstić information content (AvgIpc) is 2.57. The van der Waals surface area contributed by atoms with E-state index in [4.69, 9.17) is 0 Å². The van der Waals surface area contributed by atoms with E-state index < -0.39 is 22.6 Å². The normalized spacial score (nSPS) is 11.8. The molecule has 0 aliphatic rings. The van der Waals surface area contributed by atoms with E-state index >= 15 is 0 Å². The van der Waals surface area contributed by atoms with Crippen LogP contribution >= 0.6 is 0 Å². The highest BCUT2D eigenvalue weighted by atomic mass is 19.4. The molecular weight excluding hydrogens is 229 g/mol. The molecule has 0 atom stereocenters. The van der Waals surface area contributed by atoms with Crippen LogP contribution in [0.5, 0.6) is 0 Å². The molecule has 1 rings (SSSR count).